The van der Waals surface area contributed by atoms with E-state index in [-0.39, 0.29) is 0 Å². The Morgan fingerprint density at radius 3 is 2.86 bits per heavy atom. The van der Waals surface area contributed by atoms with Crippen LogP contribution in [0, 0.1) is 6.92 Å². The summed E-state index contributed by atoms with van der Waals surface area (Å²) in [6.45, 7) is 2.61. The average molecular weight is 279 g/mol. The number of nitrogens with one attached hydrogen (secondary N) is 1. The zero-order valence-electron chi connectivity index (χ0n) is 12.0. The van der Waals surface area contributed by atoms with E-state index in [1.807, 2.05) is 19.1 Å². The lowest BCUT2D eigenvalue weighted by molar-refractivity contribution is 0.709. The van der Waals surface area contributed by atoms with E-state index in [9.17, 15) is 0 Å². The van der Waals surface area contributed by atoms with E-state index in [0.717, 1.165) is 17.0 Å². The largest absolute Gasteiger partial charge is 0.347 e. The molecule has 0 radical (unpaired) electrons. The van der Waals surface area contributed by atoms with Crippen LogP contribution in [0.25, 0.3) is 11.0 Å². The standard InChI is InChI=1S/C16H17N5/c1-11-8-9-17-16(19-11)18-10-15-20-13-4-2-3-5-14(13)21(15)12-6-7-12/h2-5,8-9,12H,6-7,10H2,1H3,(H,17,18,19). The fourth-order valence-corrected chi connectivity index (χ4v) is 2.65. The van der Waals surface area contributed by atoms with E-state index < -0.39 is 0 Å². The molecule has 2 heterocycles. The highest BCUT2D eigenvalue weighted by Crippen LogP contribution is 2.38. The second-order valence-electron chi connectivity index (χ2n) is 5.49. The highest BCUT2D eigenvalue weighted by molar-refractivity contribution is 5.76. The second kappa shape index (κ2) is 4.84. The van der Waals surface area contributed by atoms with Crippen molar-refractivity contribution >= 4 is 17.0 Å². The van der Waals surface area contributed by atoms with Gasteiger partial charge in [-0.05, 0) is 38.0 Å². The number of nitrogens with zero attached hydrogens (tertiary/aromatic N) is 4. The summed E-state index contributed by atoms with van der Waals surface area (Å²) in [6, 6.07) is 10.8. The topological polar surface area (TPSA) is 55.6 Å². The quantitative estimate of drug-likeness (QED) is 0.797. The van der Waals surface area contributed by atoms with Crippen LogP contribution >= 0.6 is 0 Å². The number of fused-ring (bicyclic) bond motifs is 1. The van der Waals surface area contributed by atoms with Crippen molar-refractivity contribution in [3.05, 3.63) is 48.0 Å². The van der Waals surface area contributed by atoms with Crippen molar-refractivity contribution in [3.8, 4) is 0 Å². The number of aromatic nitrogens is 4. The highest BCUT2D eigenvalue weighted by Gasteiger charge is 2.27. The second-order valence-corrected chi connectivity index (χ2v) is 5.49. The molecule has 1 aliphatic carbocycles. The molecule has 1 N–H and O–H groups in total. The Bertz CT molecular complexity index is 788. The molecule has 3 aromatic rings. The molecular weight excluding hydrogens is 262 g/mol. The summed E-state index contributed by atoms with van der Waals surface area (Å²) < 4.78 is 2.36. The van der Waals surface area contributed by atoms with E-state index in [1.165, 1.54) is 18.4 Å². The molecule has 1 fully saturated rings. The van der Waals surface area contributed by atoms with Crippen LogP contribution in [0.3, 0.4) is 0 Å². The van der Waals surface area contributed by atoms with Crippen molar-refractivity contribution in [1.29, 1.82) is 0 Å². The van der Waals surface area contributed by atoms with Gasteiger partial charge in [-0.25, -0.2) is 15.0 Å². The number of hydrogen-bond donors (Lipinski definition) is 1. The Hall–Kier alpha value is -2.43. The maximum Gasteiger partial charge on any atom is 0.223 e. The number of para-hydroxylation sites is 2. The van der Waals surface area contributed by atoms with Gasteiger partial charge in [-0.3, -0.25) is 0 Å². The molecule has 2 aromatic heterocycles. The first-order valence-corrected chi connectivity index (χ1v) is 7.30. The predicted molar refractivity (Wildman–Crippen MR) is 82.1 cm³/mol. The molecule has 0 atom stereocenters. The Labute approximate surface area is 123 Å². The van der Waals surface area contributed by atoms with Gasteiger partial charge in [0.05, 0.1) is 17.6 Å². The summed E-state index contributed by atoms with van der Waals surface area (Å²) in [5.74, 6) is 1.72. The lowest BCUT2D eigenvalue weighted by atomic mass is 10.3. The van der Waals surface area contributed by atoms with E-state index >= 15 is 0 Å². The molecule has 0 saturated heterocycles. The van der Waals surface area contributed by atoms with Crippen LogP contribution in [0.1, 0.15) is 30.4 Å². The summed E-state index contributed by atoms with van der Waals surface area (Å²) in [5, 5.41) is 3.28. The Kier molecular flexibility index (Phi) is 2.84. The van der Waals surface area contributed by atoms with Crippen LogP contribution < -0.4 is 5.32 Å². The molecule has 106 valence electrons. The third kappa shape index (κ3) is 2.35. The van der Waals surface area contributed by atoms with Gasteiger partial charge >= 0.3 is 0 Å². The summed E-state index contributed by atoms with van der Waals surface area (Å²) in [4.78, 5) is 13.4. The molecule has 4 rings (SSSR count). The number of benzene rings is 1. The number of hydrogen-bond acceptors (Lipinski definition) is 4. The van der Waals surface area contributed by atoms with Gasteiger partial charge in [0.25, 0.3) is 0 Å². The van der Waals surface area contributed by atoms with Gasteiger partial charge in [0.2, 0.25) is 5.95 Å². The zero-order chi connectivity index (χ0) is 14.2. The van der Waals surface area contributed by atoms with Gasteiger partial charge in [-0.2, -0.15) is 0 Å². The van der Waals surface area contributed by atoms with Gasteiger partial charge in [0.1, 0.15) is 5.82 Å². The van der Waals surface area contributed by atoms with Crippen molar-refractivity contribution in [1.82, 2.24) is 19.5 Å². The van der Waals surface area contributed by atoms with Crippen LogP contribution in [0.2, 0.25) is 0 Å². The van der Waals surface area contributed by atoms with Crippen LogP contribution in [-0.4, -0.2) is 19.5 Å². The molecule has 1 saturated carbocycles. The molecule has 5 nitrogen and oxygen atoms in total. The molecule has 1 aliphatic rings. The van der Waals surface area contributed by atoms with Crippen molar-refractivity contribution in [2.45, 2.75) is 32.4 Å². The average Bonchev–Trinajstić information content (AvgIpc) is 3.26. The van der Waals surface area contributed by atoms with Gasteiger partial charge in [-0.1, -0.05) is 12.1 Å². The SMILES string of the molecule is Cc1ccnc(NCc2nc3ccccc3n2C2CC2)n1. The van der Waals surface area contributed by atoms with E-state index in [1.54, 1.807) is 6.20 Å². The van der Waals surface area contributed by atoms with Crippen molar-refractivity contribution in [2.24, 2.45) is 0 Å². The minimum absolute atomic E-state index is 0.604. The summed E-state index contributed by atoms with van der Waals surface area (Å²) >= 11 is 0. The zero-order valence-corrected chi connectivity index (χ0v) is 12.0. The minimum atomic E-state index is 0.604. The van der Waals surface area contributed by atoms with Gasteiger partial charge in [-0.15, -0.1) is 0 Å². The Morgan fingerprint density at radius 1 is 1.19 bits per heavy atom. The van der Waals surface area contributed by atoms with E-state index in [2.05, 4.69) is 38.1 Å². The molecule has 0 unspecified atom stereocenters. The number of rotatable bonds is 4. The Balaban J connectivity index is 1.65. The van der Waals surface area contributed by atoms with Crippen molar-refractivity contribution < 1.29 is 0 Å². The van der Waals surface area contributed by atoms with Gasteiger partial charge in [0.15, 0.2) is 0 Å². The maximum atomic E-state index is 4.76. The van der Waals surface area contributed by atoms with E-state index in [0.29, 0.717) is 18.5 Å². The first-order valence-electron chi connectivity index (χ1n) is 7.30. The highest BCUT2D eigenvalue weighted by atomic mass is 15.2. The molecule has 1 aromatic carbocycles. The van der Waals surface area contributed by atoms with Crippen LogP contribution in [-0.2, 0) is 6.54 Å². The monoisotopic (exact) mass is 279 g/mol. The summed E-state index contributed by atoms with van der Waals surface area (Å²) in [5.41, 5.74) is 3.25. The van der Waals surface area contributed by atoms with Crippen LogP contribution in [0.4, 0.5) is 5.95 Å². The summed E-state index contributed by atoms with van der Waals surface area (Å²) in [6.07, 6.45) is 4.26. The van der Waals surface area contributed by atoms with Crippen LogP contribution in [0.15, 0.2) is 36.5 Å². The molecule has 0 aliphatic heterocycles. The molecule has 0 bridgehead atoms. The molecule has 0 spiro atoms. The van der Waals surface area contributed by atoms with E-state index in [4.69, 9.17) is 4.98 Å². The maximum absolute atomic E-state index is 4.76. The number of anilines is 1. The predicted octanol–water partition coefficient (Wildman–Crippen LogP) is 3.08. The minimum Gasteiger partial charge on any atom is -0.347 e. The van der Waals surface area contributed by atoms with Crippen molar-refractivity contribution in [3.63, 3.8) is 0 Å². The van der Waals surface area contributed by atoms with Gasteiger partial charge < -0.3 is 9.88 Å². The third-order valence-electron chi connectivity index (χ3n) is 3.78. The first-order chi connectivity index (χ1) is 10.3. The fraction of sp³-hybridized carbons (Fsp3) is 0.312. The molecule has 5 heteroatoms. The van der Waals surface area contributed by atoms with Crippen molar-refractivity contribution in [2.75, 3.05) is 5.32 Å². The first kappa shape index (κ1) is 12.3. The Morgan fingerprint density at radius 2 is 2.05 bits per heavy atom. The molecule has 0 amide bonds. The molecule has 21 heavy (non-hydrogen) atoms. The van der Waals surface area contributed by atoms with Crippen LogP contribution in [0.5, 0.6) is 0 Å². The fourth-order valence-electron chi connectivity index (χ4n) is 2.65. The normalized spacial score (nSPS) is 14.5. The lowest BCUT2D eigenvalue weighted by Gasteiger charge is -2.08. The lowest BCUT2D eigenvalue weighted by Crippen LogP contribution is -2.10. The third-order valence-corrected chi connectivity index (χ3v) is 3.78. The number of imidazole rings is 1. The molecular formula is C16H17N5. The van der Waals surface area contributed by atoms with Gasteiger partial charge in [0, 0.05) is 17.9 Å². The number of aryl methyl sites for hydroxylation is 1. The summed E-state index contributed by atoms with van der Waals surface area (Å²) in [7, 11) is 0. The smallest absolute Gasteiger partial charge is 0.223 e.